The molecule has 1 N–H and O–H groups in total. The third-order valence-electron chi connectivity index (χ3n) is 8.46. The Morgan fingerprint density at radius 3 is 2.28 bits per heavy atom. The number of hydrogen-bond donors (Lipinski definition) is 1. The molecule has 2 atom stereocenters. The molecule has 1 amide bonds. The molecule has 0 aliphatic heterocycles. The van der Waals surface area contributed by atoms with Gasteiger partial charge in [-0.15, -0.1) is 0 Å². The molecule has 0 saturated heterocycles. The van der Waals surface area contributed by atoms with Gasteiger partial charge in [-0.2, -0.15) is 0 Å². The monoisotopic (exact) mass is 432 g/mol. The first kappa shape index (κ1) is 22.3. The van der Waals surface area contributed by atoms with Crippen LogP contribution in [0.15, 0.2) is 47.6 Å². The zero-order chi connectivity index (χ0) is 23.3. The van der Waals surface area contributed by atoms with Crippen molar-refractivity contribution in [2.45, 2.75) is 60.8 Å². The van der Waals surface area contributed by atoms with Crippen LogP contribution in [0.1, 0.15) is 67.1 Å². The Balaban J connectivity index is 1.58. The molecular formula is C27H32N2O3. The molecule has 2 aliphatic carbocycles. The number of carbonyl (C=O) groups is 2. The van der Waals surface area contributed by atoms with E-state index in [-0.39, 0.29) is 16.7 Å². The fourth-order valence-electron chi connectivity index (χ4n) is 5.43. The predicted molar refractivity (Wildman–Crippen MR) is 127 cm³/mol. The Bertz CT molecular complexity index is 1120. The van der Waals surface area contributed by atoms with Gasteiger partial charge in [-0.25, -0.2) is 4.79 Å². The molecule has 2 unspecified atom stereocenters. The minimum Gasteiger partial charge on any atom is -0.326 e. The number of nitrogens with one attached hydrogen (secondary N) is 1. The van der Waals surface area contributed by atoms with Crippen LogP contribution < -0.4 is 5.32 Å². The summed E-state index contributed by atoms with van der Waals surface area (Å²) in [5.41, 5.74) is 4.28. The van der Waals surface area contributed by atoms with Crippen LogP contribution in [-0.2, 0) is 9.63 Å². The summed E-state index contributed by atoms with van der Waals surface area (Å²) in [6.45, 7) is 12.5. The number of hydrogen-bond acceptors (Lipinski definition) is 4. The lowest BCUT2D eigenvalue weighted by Gasteiger charge is -2.39. The van der Waals surface area contributed by atoms with Gasteiger partial charge >= 0.3 is 5.97 Å². The quantitative estimate of drug-likeness (QED) is 0.477. The van der Waals surface area contributed by atoms with Crippen LogP contribution in [0.5, 0.6) is 0 Å². The number of carbonyl (C=O) groups excluding carboxylic acids is 2. The van der Waals surface area contributed by atoms with Crippen molar-refractivity contribution in [2.75, 3.05) is 5.32 Å². The van der Waals surface area contributed by atoms with Gasteiger partial charge < -0.3 is 10.2 Å². The summed E-state index contributed by atoms with van der Waals surface area (Å²) in [4.78, 5) is 31.5. The molecule has 2 fully saturated rings. The van der Waals surface area contributed by atoms with Crippen LogP contribution >= 0.6 is 0 Å². The SMILES string of the molecule is Cc1ccc(C(=O)ON=C2CC3(C(=O)Nc4ccc(C)c(C)c4)CCC2(C)C3(C)C)cc1. The number of anilines is 1. The van der Waals surface area contributed by atoms with Gasteiger partial charge in [-0.1, -0.05) is 49.7 Å². The lowest BCUT2D eigenvalue weighted by Crippen LogP contribution is -2.43. The molecule has 4 rings (SSSR count). The van der Waals surface area contributed by atoms with Crippen molar-refractivity contribution < 1.29 is 14.4 Å². The molecule has 5 nitrogen and oxygen atoms in total. The fraction of sp³-hybridized carbons (Fsp3) is 0.444. The summed E-state index contributed by atoms with van der Waals surface area (Å²) in [6, 6.07) is 13.2. The molecule has 2 aliphatic rings. The van der Waals surface area contributed by atoms with E-state index in [2.05, 4.69) is 38.2 Å². The van der Waals surface area contributed by atoms with E-state index in [0.717, 1.165) is 35.4 Å². The Morgan fingerprint density at radius 1 is 0.938 bits per heavy atom. The lowest BCUT2D eigenvalue weighted by molar-refractivity contribution is -0.130. The van der Waals surface area contributed by atoms with Gasteiger partial charge in [0.25, 0.3) is 0 Å². The first-order valence-electron chi connectivity index (χ1n) is 11.2. The highest BCUT2D eigenvalue weighted by Gasteiger charge is 2.71. The molecule has 0 aromatic heterocycles. The van der Waals surface area contributed by atoms with Crippen molar-refractivity contribution in [3.05, 3.63) is 64.7 Å². The van der Waals surface area contributed by atoms with Crippen LogP contribution in [0.4, 0.5) is 5.69 Å². The Labute approximate surface area is 190 Å². The fourth-order valence-corrected chi connectivity index (χ4v) is 5.43. The van der Waals surface area contributed by atoms with Gasteiger partial charge in [0, 0.05) is 17.5 Å². The van der Waals surface area contributed by atoms with E-state index in [0.29, 0.717) is 12.0 Å². The summed E-state index contributed by atoms with van der Waals surface area (Å²) >= 11 is 0. The van der Waals surface area contributed by atoms with Crippen molar-refractivity contribution >= 4 is 23.3 Å². The molecule has 5 heteroatoms. The average molecular weight is 433 g/mol. The van der Waals surface area contributed by atoms with Gasteiger partial charge in [-0.3, -0.25) is 4.79 Å². The highest BCUT2D eigenvalue weighted by Crippen LogP contribution is 2.71. The number of aryl methyl sites for hydroxylation is 3. The molecule has 2 aromatic carbocycles. The maximum atomic E-state index is 13.6. The summed E-state index contributed by atoms with van der Waals surface area (Å²) in [5.74, 6) is -0.458. The average Bonchev–Trinajstić information content (AvgIpc) is 3.06. The zero-order valence-electron chi connectivity index (χ0n) is 19.8. The summed E-state index contributed by atoms with van der Waals surface area (Å²) in [6.07, 6.45) is 2.12. The maximum Gasteiger partial charge on any atom is 0.365 e. The molecule has 0 radical (unpaired) electrons. The van der Waals surface area contributed by atoms with E-state index in [1.807, 2.05) is 44.2 Å². The Kier molecular flexibility index (Phi) is 5.27. The highest BCUT2D eigenvalue weighted by atomic mass is 16.7. The van der Waals surface area contributed by atoms with Gasteiger partial charge in [0.05, 0.1) is 16.7 Å². The minimum absolute atomic E-state index is 0.0181. The van der Waals surface area contributed by atoms with Crippen molar-refractivity contribution in [1.29, 1.82) is 0 Å². The van der Waals surface area contributed by atoms with Crippen molar-refractivity contribution in [3.8, 4) is 0 Å². The second-order valence-electron chi connectivity index (χ2n) is 10.3. The molecule has 32 heavy (non-hydrogen) atoms. The van der Waals surface area contributed by atoms with Gasteiger partial charge in [0.1, 0.15) is 0 Å². The standard InChI is InChI=1S/C27H32N2O3/c1-17-7-10-20(11-8-17)23(30)32-29-22-16-27(14-13-26(22,6)25(27,4)5)24(31)28-21-12-9-18(2)19(3)15-21/h7-12,15H,13-14,16H2,1-6H3,(H,28,31). The Morgan fingerprint density at radius 2 is 1.62 bits per heavy atom. The third kappa shape index (κ3) is 3.26. The second-order valence-corrected chi connectivity index (χ2v) is 10.3. The minimum atomic E-state index is -0.588. The van der Waals surface area contributed by atoms with Crippen LogP contribution in [0, 0.1) is 37.0 Å². The zero-order valence-corrected chi connectivity index (χ0v) is 19.8. The number of amides is 1. The summed E-state index contributed by atoms with van der Waals surface area (Å²) < 4.78 is 0. The molecule has 2 aromatic rings. The molecule has 0 spiro atoms. The molecule has 168 valence electrons. The van der Waals surface area contributed by atoms with E-state index in [4.69, 9.17) is 4.84 Å². The van der Waals surface area contributed by atoms with Gasteiger partial charge in [0.15, 0.2) is 0 Å². The molecule has 2 saturated carbocycles. The van der Waals surface area contributed by atoms with Crippen molar-refractivity contribution in [2.24, 2.45) is 21.4 Å². The number of benzene rings is 2. The number of oxime groups is 1. The van der Waals surface area contributed by atoms with E-state index in [1.54, 1.807) is 12.1 Å². The smallest absolute Gasteiger partial charge is 0.326 e. The van der Waals surface area contributed by atoms with Crippen molar-refractivity contribution in [1.82, 2.24) is 0 Å². The molecule has 2 bridgehead atoms. The lowest BCUT2D eigenvalue weighted by atomic mass is 9.64. The largest absolute Gasteiger partial charge is 0.365 e. The van der Waals surface area contributed by atoms with Gasteiger partial charge in [-0.05, 0) is 74.4 Å². The van der Waals surface area contributed by atoms with Gasteiger partial charge in [0.2, 0.25) is 5.91 Å². The topological polar surface area (TPSA) is 67.8 Å². The van der Waals surface area contributed by atoms with E-state index < -0.39 is 11.4 Å². The molecular weight excluding hydrogens is 400 g/mol. The third-order valence-corrected chi connectivity index (χ3v) is 8.46. The predicted octanol–water partition coefficient (Wildman–Crippen LogP) is 5.98. The van der Waals surface area contributed by atoms with Crippen LogP contribution in [-0.4, -0.2) is 17.6 Å². The first-order chi connectivity index (χ1) is 15.0. The highest BCUT2D eigenvalue weighted by molar-refractivity contribution is 6.06. The summed E-state index contributed by atoms with van der Waals surface area (Å²) in [7, 11) is 0. The number of fused-ring (bicyclic) bond motifs is 2. The maximum absolute atomic E-state index is 13.6. The summed E-state index contributed by atoms with van der Waals surface area (Å²) in [5, 5.41) is 7.48. The second kappa shape index (κ2) is 7.58. The van der Waals surface area contributed by atoms with Crippen LogP contribution in [0.25, 0.3) is 0 Å². The number of rotatable bonds is 4. The Hall–Kier alpha value is -2.95. The normalized spacial score (nSPS) is 26.9. The van der Waals surface area contributed by atoms with E-state index in [1.165, 1.54) is 5.56 Å². The van der Waals surface area contributed by atoms with E-state index >= 15 is 0 Å². The number of nitrogens with zero attached hydrogens (tertiary/aromatic N) is 1. The van der Waals surface area contributed by atoms with Crippen molar-refractivity contribution in [3.63, 3.8) is 0 Å². The first-order valence-corrected chi connectivity index (χ1v) is 11.2. The molecule has 0 heterocycles. The van der Waals surface area contributed by atoms with Crippen LogP contribution in [0.3, 0.4) is 0 Å². The van der Waals surface area contributed by atoms with Crippen LogP contribution in [0.2, 0.25) is 0 Å². The van der Waals surface area contributed by atoms with E-state index in [9.17, 15) is 9.59 Å².